The summed E-state index contributed by atoms with van der Waals surface area (Å²) in [5.74, 6) is 0. The van der Waals surface area contributed by atoms with E-state index in [1.54, 1.807) is 17.5 Å². The van der Waals surface area contributed by atoms with Gasteiger partial charge in [-0.25, -0.2) is 0 Å². The average molecular weight is 202 g/mol. The molecular weight excluding hydrogens is 192 g/mol. The van der Waals surface area contributed by atoms with Crippen molar-refractivity contribution in [2.45, 2.75) is 6.92 Å². The molecule has 0 fully saturated rings. The average Bonchev–Trinajstić information content (AvgIpc) is 2.55. The summed E-state index contributed by atoms with van der Waals surface area (Å²) in [6.45, 7) is 5.57. The molecule has 0 aliphatic heterocycles. The van der Waals surface area contributed by atoms with E-state index in [0.717, 1.165) is 20.8 Å². The zero-order valence-corrected chi connectivity index (χ0v) is 8.71. The summed E-state index contributed by atoms with van der Waals surface area (Å²) in [7, 11) is 0. The summed E-state index contributed by atoms with van der Waals surface area (Å²) in [5.41, 5.74) is 1.84. The number of aliphatic imine (C=N–C) groups is 1. The van der Waals surface area contributed by atoms with Crippen LogP contribution in [0.1, 0.15) is 11.8 Å². The van der Waals surface area contributed by atoms with Gasteiger partial charge in [0.1, 0.15) is 11.2 Å². The number of allylic oxidation sites excluding steroid dienone is 1. The van der Waals surface area contributed by atoms with Gasteiger partial charge >= 0.3 is 0 Å². The maximum absolute atomic E-state index is 4.30. The van der Waals surface area contributed by atoms with Crippen molar-refractivity contribution >= 4 is 40.0 Å². The molecule has 3 heteroatoms. The molecule has 2 aromatic rings. The molecule has 0 aromatic carbocycles. The van der Waals surface area contributed by atoms with Crippen LogP contribution < -0.4 is 0 Å². The predicted molar refractivity (Wildman–Crippen MR) is 63.5 cm³/mol. The Morgan fingerprint density at radius 3 is 3.14 bits per heavy atom. The molecule has 0 amide bonds. The van der Waals surface area contributed by atoms with E-state index < -0.39 is 0 Å². The van der Waals surface area contributed by atoms with E-state index in [9.17, 15) is 0 Å². The summed E-state index contributed by atoms with van der Waals surface area (Å²) in [6, 6.07) is 3.99. The summed E-state index contributed by atoms with van der Waals surface area (Å²) >= 11 is 1.69. The maximum atomic E-state index is 4.30. The van der Waals surface area contributed by atoms with Crippen LogP contribution in [0.2, 0.25) is 0 Å². The van der Waals surface area contributed by atoms with Crippen LogP contribution in [-0.4, -0.2) is 11.7 Å². The van der Waals surface area contributed by atoms with Gasteiger partial charge in [0.05, 0.1) is 9.58 Å². The van der Waals surface area contributed by atoms with Gasteiger partial charge in [-0.3, -0.25) is 9.98 Å². The predicted octanol–water partition coefficient (Wildman–Crippen LogP) is 3.66. The molecule has 14 heavy (non-hydrogen) atoms. The molecule has 0 saturated heterocycles. The molecule has 0 saturated carbocycles. The monoisotopic (exact) mass is 202 g/mol. The summed E-state index contributed by atoms with van der Waals surface area (Å²) in [5, 5.41) is 0. The summed E-state index contributed by atoms with van der Waals surface area (Å²) in [6.07, 6.45) is 5.82. The summed E-state index contributed by atoms with van der Waals surface area (Å²) < 4.78 is 1.16. The second kappa shape index (κ2) is 3.72. The molecule has 0 atom stereocenters. The first kappa shape index (κ1) is 9.09. The first-order valence-corrected chi connectivity index (χ1v) is 5.15. The van der Waals surface area contributed by atoms with Crippen LogP contribution in [-0.2, 0) is 0 Å². The zero-order valence-electron chi connectivity index (χ0n) is 7.90. The van der Waals surface area contributed by atoms with Crippen molar-refractivity contribution in [1.82, 2.24) is 4.98 Å². The molecule has 0 radical (unpaired) electrons. The minimum Gasteiger partial charge on any atom is -0.261 e. The highest BCUT2D eigenvalue weighted by molar-refractivity contribution is 7.20. The molecule has 0 unspecified atom stereocenters. The highest BCUT2D eigenvalue weighted by Crippen LogP contribution is 2.36. The van der Waals surface area contributed by atoms with Crippen molar-refractivity contribution in [2.24, 2.45) is 4.99 Å². The molecule has 0 N–H and O–H groups in total. The second-order valence-electron chi connectivity index (χ2n) is 2.82. The minimum atomic E-state index is 0.892. The smallest absolute Gasteiger partial charge is 0.107 e. The lowest BCUT2D eigenvalue weighted by atomic mass is 10.3. The van der Waals surface area contributed by atoms with E-state index in [2.05, 4.69) is 22.8 Å². The third kappa shape index (κ3) is 1.36. The van der Waals surface area contributed by atoms with Crippen LogP contribution in [0.5, 0.6) is 0 Å². The molecular formula is C11H10N2S. The van der Waals surface area contributed by atoms with Crippen LogP contribution in [0.4, 0.5) is 5.69 Å². The lowest BCUT2D eigenvalue weighted by Crippen LogP contribution is -1.70. The molecule has 0 aliphatic rings. The van der Waals surface area contributed by atoms with Gasteiger partial charge in [0.25, 0.3) is 0 Å². The molecule has 70 valence electrons. The van der Waals surface area contributed by atoms with Gasteiger partial charge in [0.2, 0.25) is 0 Å². The third-order valence-corrected chi connectivity index (χ3v) is 3.02. The standard InChI is InChI=1S/C11H10N2S/c1-3-5-8-10(12-2)11-9(14-8)6-4-7-13-11/h3-7H,2H2,1H3/b5-3-. The van der Waals surface area contributed by atoms with Gasteiger partial charge in [0, 0.05) is 6.20 Å². The second-order valence-corrected chi connectivity index (χ2v) is 3.91. The topological polar surface area (TPSA) is 25.2 Å². The Bertz CT molecular complexity index is 497. The van der Waals surface area contributed by atoms with Crippen LogP contribution in [0.15, 0.2) is 29.4 Å². The van der Waals surface area contributed by atoms with Crippen molar-refractivity contribution < 1.29 is 0 Å². The molecule has 2 aromatic heterocycles. The van der Waals surface area contributed by atoms with Crippen molar-refractivity contribution in [1.29, 1.82) is 0 Å². The Morgan fingerprint density at radius 1 is 1.57 bits per heavy atom. The van der Waals surface area contributed by atoms with Gasteiger partial charge in [-0.05, 0) is 31.9 Å². The Kier molecular flexibility index (Phi) is 2.41. The van der Waals surface area contributed by atoms with E-state index in [0.29, 0.717) is 0 Å². The van der Waals surface area contributed by atoms with Crippen LogP contribution in [0, 0.1) is 0 Å². The SMILES string of the molecule is C=Nc1c(/C=C\C)sc2cccnc12. The molecule has 2 heterocycles. The van der Waals surface area contributed by atoms with Crippen LogP contribution in [0.3, 0.4) is 0 Å². The van der Waals surface area contributed by atoms with Crippen molar-refractivity contribution in [3.05, 3.63) is 29.3 Å². The number of aromatic nitrogens is 1. The van der Waals surface area contributed by atoms with Gasteiger partial charge in [-0.15, -0.1) is 11.3 Å². The summed E-state index contributed by atoms with van der Waals surface area (Å²) in [4.78, 5) is 9.44. The van der Waals surface area contributed by atoms with Gasteiger partial charge in [-0.1, -0.05) is 6.08 Å². The Balaban J connectivity index is 2.78. The van der Waals surface area contributed by atoms with Crippen molar-refractivity contribution in [2.75, 3.05) is 0 Å². The number of hydrogen-bond donors (Lipinski definition) is 0. The number of thiophene rings is 1. The van der Waals surface area contributed by atoms with E-state index in [1.807, 2.05) is 25.1 Å². The molecule has 2 nitrogen and oxygen atoms in total. The number of hydrogen-bond acceptors (Lipinski definition) is 3. The fourth-order valence-electron chi connectivity index (χ4n) is 1.35. The quantitative estimate of drug-likeness (QED) is 0.682. The van der Waals surface area contributed by atoms with E-state index in [1.165, 1.54) is 0 Å². The number of pyridine rings is 1. The Hall–Kier alpha value is -1.48. The van der Waals surface area contributed by atoms with Gasteiger partial charge < -0.3 is 0 Å². The lowest BCUT2D eigenvalue weighted by Gasteiger charge is -1.90. The maximum Gasteiger partial charge on any atom is 0.107 e. The van der Waals surface area contributed by atoms with Crippen molar-refractivity contribution in [3.8, 4) is 0 Å². The van der Waals surface area contributed by atoms with Crippen LogP contribution in [0.25, 0.3) is 16.3 Å². The normalized spacial score (nSPS) is 11.2. The third-order valence-electron chi connectivity index (χ3n) is 1.92. The number of nitrogens with zero attached hydrogens (tertiary/aromatic N) is 2. The van der Waals surface area contributed by atoms with Crippen molar-refractivity contribution in [3.63, 3.8) is 0 Å². The molecule has 0 bridgehead atoms. The Labute approximate surface area is 86.6 Å². The number of fused-ring (bicyclic) bond motifs is 1. The highest BCUT2D eigenvalue weighted by atomic mass is 32.1. The largest absolute Gasteiger partial charge is 0.261 e. The zero-order chi connectivity index (χ0) is 9.97. The molecule has 0 aliphatic carbocycles. The fourth-order valence-corrected chi connectivity index (χ4v) is 2.44. The fraction of sp³-hybridized carbons (Fsp3) is 0.0909. The molecule has 0 spiro atoms. The van der Waals surface area contributed by atoms with E-state index in [-0.39, 0.29) is 0 Å². The van der Waals surface area contributed by atoms with E-state index >= 15 is 0 Å². The molecule has 2 rings (SSSR count). The van der Waals surface area contributed by atoms with Gasteiger partial charge in [0.15, 0.2) is 0 Å². The number of rotatable bonds is 2. The Morgan fingerprint density at radius 2 is 2.43 bits per heavy atom. The lowest BCUT2D eigenvalue weighted by molar-refractivity contribution is 1.41. The highest BCUT2D eigenvalue weighted by Gasteiger charge is 2.08. The van der Waals surface area contributed by atoms with Crippen LogP contribution >= 0.6 is 11.3 Å². The first-order valence-electron chi connectivity index (χ1n) is 4.33. The minimum absolute atomic E-state index is 0.892. The van der Waals surface area contributed by atoms with Gasteiger partial charge in [-0.2, -0.15) is 0 Å². The van der Waals surface area contributed by atoms with E-state index in [4.69, 9.17) is 0 Å². The first-order chi connectivity index (χ1) is 6.86.